The first-order chi connectivity index (χ1) is 16.2. The molecule has 1 amide bonds. The van der Waals surface area contributed by atoms with Crippen molar-refractivity contribution in [2.75, 3.05) is 13.2 Å². The van der Waals surface area contributed by atoms with Gasteiger partial charge in [0.15, 0.2) is 5.78 Å². The molecule has 0 aliphatic heterocycles. The summed E-state index contributed by atoms with van der Waals surface area (Å²) in [6.45, 7) is 7.11. The third-order valence-electron chi connectivity index (χ3n) is 5.68. The number of nitrogens with zero attached hydrogens (tertiary/aromatic N) is 2. The van der Waals surface area contributed by atoms with E-state index in [0.29, 0.717) is 23.2 Å². The Hall–Kier alpha value is -3.81. The fourth-order valence-corrected chi connectivity index (χ4v) is 3.92. The van der Waals surface area contributed by atoms with Crippen LogP contribution >= 0.6 is 0 Å². The van der Waals surface area contributed by atoms with Gasteiger partial charge in [-0.2, -0.15) is 0 Å². The minimum atomic E-state index is -0.872. The Morgan fingerprint density at radius 1 is 1.15 bits per heavy atom. The Morgan fingerprint density at radius 2 is 1.91 bits per heavy atom. The van der Waals surface area contributed by atoms with Crippen molar-refractivity contribution in [2.45, 2.75) is 40.2 Å². The maximum Gasteiger partial charge on any atom is 0.355 e. The van der Waals surface area contributed by atoms with Crippen molar-refractivity contribution in [3.05, 3.63) is 88.3 Å². The second-order valence-corrected chi connectivity index (χ2v) is 7.97. The number of carbonyl (C=O) groups excluding carboxylic acids is 3. The monoisotopic (exact) mass is 465 g/mol. The van der Waals surface area contributed by atoms with E-state index >= 15 is 0 Å². The van der Waals surface area contributed by atoms with E-state index in [1.54, 1.807) is 40.0 Å². The fourth-order valence-electron chi connectivity index (χ4n) is 3.92. The van der Waals surface area contributed by atoms with Gasteiger partial charge in [-0.15, -0.1) is 0 Å². The van der Waals surface area contributed by atoms with Gasteiger partial charge in [0.05, 0.1) is 12.6 Å². The molecule has 1 aromatic carbocycles. The van der Waals surface area contributed by atoms with Crippen molar-refractivity contribution in [3.63, 3.8) is 0 Å². The van der Waals surface area contributed by atoms with Gasteiger partial charge in [0.25, 0.3) is 5.91 Å². The molecule has 0 spiro atoms. The van der Waals surface area contributed by atoms with Gasteiger partial charge in [0, 0.05) is 41.7 Å². The molecule has 0 saturated carbocycles. The van der Waals surface area contributed by atoms with Crippen LogP contribution in [0.2, 0.25) is 0 Å². The van der Waals surface area contributed by atoms with Crippen LogP contribution in [0.4, 0.5) is 4.39 Å². The number of aryl methyl sites for hydroxylation is 1. The number of hydrogen-bond donors (Lipinski definition) is 1. The Kier molecular flexibility index (Phi) is 7.94. The number of pyridine rings is 1. The Morgan fingerprint density at radius 3 is 2.56 bits per heavy atom. The second kappa shape index (κ2) is 10.9. The Balaban J connectivity index is 1.94. The van der Waals surface area contributed by atoms with E-state index in [9.17, 15) is 18.8 Å². The zero-order chi connectivity index (χ0) is 24.8. The summed E-state index contributed by atoms with van der Waals surface area (Å²) in [5.74, 6) is -1.87. The Bertz CT molecular complexity index is 1190. The number of aromatic nitrogens is 2. The van der Waals surface area contributed by atoms with Gasteiger partial charge in [0.1, 0.15) is 11.5 Å². The lowest BCUT2D eigenvalue weighted by molar-refractivity contribution is 0.0519. The minimum absolute atomic E-state index is 0.149. The highest BCUT2D eigenvalue weighted by atomic mass is 19.1. The molecule has 1 atom stereocenters. The number of nitrogens with one attached hydrogen (secondary N) is 1. The summed E-state index contributed by atoms with van der Waals surface area (Å²) in [5, 5.41) is 0. The molecule has 0 radical (unpaired) electrons. The molecular weight excluding hydrogens is 437 g/mol. The first kappa shape index (κ1) is 24.8. The fraction of sp³-hybridized carbons (Fsp3) is 0.308. The van der Waals surface area contributed by atoms with E-state index in [2.05, 4.69) is 9.97 Å². The number of hydrogen-bond acceptors (Lipinski definition) is 5. The number of ketones is 1. The van der Waals surface area contributed by atoms with Crippen LogP contribution in [0.1, 0.15) is 62.0 Å². The van der Waals surface area contributed by atoms with Crippen LogP contribution in [0.25, 0.3) is 0 Å². The second-order valence-electron chi connectivity index (χ2n) is 7.97. The first-order valence-electron chi connectivity index (χ1n) is 11.1. The number of aromatic amines is 1. The van der Waals surface area contributed by atoms with E-state index in [0.717, 1.165) is 11.8 Å². The molecule has 3 aromatic rings. The van der Waals surface area contributed by atoms with Crippen molar-refractivity contribution >= 4 is 17.7 Å². The lowest BCUT2D eigenvalue weighted by Crippen LogP contribution is -2.44. The largest absolute Gasteiger partial charge is 0.461 e. The molecule has 2 aromatic heterocycles. The van der Waals surface area contributed by atoms with Crippen LogP contribution in [0.15, 0.2) is 48.7 Å². The van der Waals surface area contributed by atoms with E-state index in [4.69, 9.17) is 4.74 Å². The van der Waals surface area contributed by atoms with Gasteiger partial charge in [0.2, 0.25) is 0 Å². The standard InChI is InChI=1S/C26H28FN3O4/c1-5-34-26(33)23-16(2)22(17(3)29-23)24(31)18(4)30(14-12-21-11-6-7-13-28-21)25(32)19-9-8-10-20(27)15-19/h6-11,13,15,18,29H,5,12,14H2,1-4H3/t18-/m0/s1. The van der Waals surface area contributed by atoms with Crippen LogP contribution in [0.3, 0.4) is 0 Å². The van der Waals surface area contributed by atoms with Crippen LogP contribution in [0, 0.1) is 19.7 Å². The summed E-state index contributed by atoms with van der Waals surface area (Å²) in [7, 11) is 0. The van der Waals surface area contributed by atoms with Gasteiger partial charge in [-0.1, -0.05) is 12.1 Å². The summed E-state index contributed by atoms with van der Waals surface area (Å²) in [5.41, 5.74) is 2.45. The highest BCUT2D eigenvalue weighted by Gasteiger charge is 2.31. The van der Waals surface area contributed by atoms with Crippen molar-refractivity contribution in [3.8, 4) is 0 Å². The third kappa shape index (κ3) is 5.39. The molecular formula is C26H28FN3O4. The zero-order valence-corrected chi connectivity index (χ0v) is 19.7. The topological polar surface area (TPSA) is 92.4 Å². The quantitative estimate of drug-likeness (QED) is 0.376. The maximum absolute atomic E-state index is 13.8. The van der Waals surface area contributed by atoms with Crippen molar-refractivity contribution in [2.24, 2.45) is 0 Å². The van der Waals surface area contributed by atoms with E-state index in [1.807, 2.05) is 12.1 Å². The molecule has 0 fully saturated rings. The third-order valence-corrected chi connectivity index (χ3v) is 5.68. The number of esters is 1. The summed E-state index contributed by atoms with van der Waals surface area (Å²) in [6, 6.07) is 9.99. The van der Waals surface area contributed by atoms with Gasteiger partial charge in [-0.3, -0.25) is 14.6 Å². The van der Waals surface area contributed by atoms with E-state index in [1.165, 1.54) is 23.1 Å². The van der Waals surface area contributed by atoms with Crippen molar-refractivity contribution in [1.29, 1.82) is 0 Å². The molecule has 0 aliphatic carbocycles. The van der Waals surface area contributed by atoms with Gasteiger partial charge < -0.3 is 14.6 Å². The minimum Gasteiger partial charge on any atom is -0.461 e. The predicted molar refractivity (Wildman–Crippen MR) is 125 cm³/mol. The van der Waals surface area contributed by atoms with E-state index in [-0.39, 0.29) is 30.2 Å². The maximum atomic E-state index is 13.8. The van der Waals surface area contributed by atoms with E-state index < -0.39 is 23.7 Å². The number of halogens is 1. The number of H-pyrrole nitrogens is 1. The summed E-state index contributed by atoms with van der Waals surface area (Å²) in [6.07, 6.45) is 2.07. The van der Waals surface area contributed by atoms with Gasteiger partial charge in [-0.25, -0.2) is 9.18 Å². The average molecular weight is 466 g/mol. The molecule has 0 saturated heterocycles. The first-order valence-corrected chi connectivity index (χ1v) is 11.1. The molecule has 3 rings (SSSR count). The average Bonchev–Trinajstić information content (AvgIpc) is 3.13. The molecule has 178 valence electrons. The number of Topliss-reactive ketones (excluding diaryl/α,β-unsaturated/α-hetero) is 1. The lowest BCUT2D eigenvalue weighted by Gasteiger charge is -2.29. The smallest absolute Gasteiger partial charge is 0.355 e. The highest BCUT2D eigenvalue weighted by Crippen LogP contribution is 2.23. The Labute approximate surface area is 198 Å². The van der Waals surface area contributed by atoms with Gasteiger partial charge >= 0.3 is 5.97 Å². The molecule has 0 aliphatic rings. The van der Waals surface area contributed by atoms with Crippen LogP contribution in [-0.2, 0) is 11.2 Å². The molecule has 2 heterocycles. The van der Waals surface area contributed by atoms with Crippen LogP contribution in [0.5, 0.6) is 0 Å². The molecule has 8 heteroatoms. The molecule has 34 heavy (non-hydrogen) atoms. The summed E-state index contributed by atoms with van der Waals surface area (Å²) in [4.78, 5) is 47.9. The SMILES string of the molecule is CCOC(=O)c1[nH]c(C)c(C(=O)[C@H](C)N(CCc2ccccn2)C(=O)c2cccc(F)c2)c1C. The van der Waals surface area contributed by atoms with Crippen LogP contribution in [-0.4, -0.2) is 51.7 Å². The van der Waals surface area contributed by atoms with Crippen molar-refractivity contribution in [1.82, 2.24) is 14.9 Å². The number of rotatable bonds is 9. The number of carbonyl (C=O) groups is 3. The highest BCUT2D eigenvalue weighted by molar-refractivity contribution is 6.07. The lowest BCUT2D eigenvalue weighted by atomic mass is 9.99. The summed E-state index contributed by atoms with van der Waals surface area (Å²) < 4.78 is 18.9. The summed E-state index contributed by atoms with van der Waals surface area (Å²) >= 11 is 0. The van der Waals surface area contributed by atoms with Crippen LogP contribution < -0.4 is 0 Å². The number of amides is 1. The molecule has 0 bridgehead atoms. The number of benzene rings is 1. The number of ether oxygens (including phenoxy) is 1. The normalized spacial score (nSPS) is 11.7. The molecule has 7 nitrogen and oxygen atoms in total. The zero-order valence-electron chi connectivity index (χ0n) is 19.7. The molecule has 0 unspecified atom stereocenters. The predicted octanol–water partition coefficient (Wildman–Crippen LogP) is 4.30. The van der Waals surface area contributed by atoms with Gasteiger partial charge in [-0.05, 0) is 63.6 Å². The molecule has 1 N–H and O–H groups in total. The van der Waals surface area contributed by atoms with Crippen molar-refractivity contribution < 1.29 is 23.5 Å².